The van der Waals surface area contributed by atoms with Crippen LogP contribution in [0.3, 0.4) is 0 Å². The van der Waals surface area contributed by atoms with Crippen LogP contribution in [0.25, 0.3) is 6.08 Å². The summed E-state index contributed by atoms with van der Waals surface area (Å²) in [6, 6.07) is 12.1. The molecule has 0 bridgehead atoms. The molecule has 0 N–H and O–H groups in total. The van der Waals surface area contributed by atoms with Crippen LogP contribution < -0.4 is 29.1 Å². The first-order valence-corrected chi connectivity index (χ1v) is 11.9. The molecular weight excluding hydrogens is 468 g/mol. The van der Waals surface area contributed by atoms with E-state index < -0.39 is 12.0 Å². The van der Waals surface area contributed by atoms with Gasteiger partial charge in [-0.15, -0.1) is 0 Å². The molecule has 0 spiro atoms. The summed E-state index contributed by atoms with van der Waals surface area (Å²) in [4.78, 5) is 31.1. The van der Waals surface area contributed by atoms with Crippen molar-refractivity contribution in [3.8, 4) is 17.2 Å². The van der Waals surface area contributed by atoms with Crippen molar-refractivity contribution in [1.82, 2.24) is 4.57 Å². The number of rotatable bonds is 8. The number of aromatic nitrogens is 1. The third-order valence-corrected chi connectivity index (χ3v) is 6.42. The van der Waals surface area contributed by atoms with Crippen molar-refractivity contribution in [1.29, 1.82) is 0 Å². The van der Waals surface area contributed by atoms with Crippen molar-refractivity contribution in [3.05, 3.63) is 85.1 Å². The minimum Gasteiger partial charge on any atom is -0.497 e. The van der Waals surface area contributed by atoms with Crippen LogP contribution >= 0.6 is 11.3 Å². The van der Waals surface area contributed by atoms with Crippen molar-refractivity contribution in [2.24, 2.45) is 4.99 Å². The molecule has 0 radical (unpaired) electrons. The Balaban J connectivity index is 1.88. The minimum absolute atomic E-state index is 0.252. The molecule has 35 heavy (non-hydrogen) atoms. The molecule has 0 saturated carbocycles. The number of benzene rings is 2. The fourth-order valence-corrected chi connectivity index (χ4v) is 4.81. The molecule has 9 heteroatoms. The number of nitrogens with zero attached hydrogens (tertiary/aromatic N) is 2. The van der Waals surface area contributed by atoms with Crippen LogP contribution in [0.5, 0.6) is 17.2 Å². The normalized spacial score (nSPS) is 15.0. The van der Waals surface area contributed by atoms with Gasteiger partial charge in [-0.1, -0.05) is 29.5 Å². The highest BCUT2D eigenvalue weighted by Crippen LogP contribution is 2.35. The lowest BCUT2D eigenvalue weighted by atomic mass is 9.97. The highest BCUT2D eigenvalue weighted by atomic mass is 32.1. The number of hydrogen-bond donors (Lipinski definition) is 0. The maximum Gasteiger partial charge on any atom is 0.337 e. The predicted molar refractivity (Wildman–Crippen MR) is 133 cm³/mol. The fraction of sp³-hybridized carbons (Fsp3) is 0.269. The molecule has 182 valence electrons. The zero-order valence-corrected chi connectivity index (χ0v) is 20.8. The predicted octanol–water partition coefficient (Wildman–Crippen LogP) is 2.82. The first-order valence-electron chi connectivity index (χ1n) is 11.1. The second kappa shape index (κ2) is 10.6. The molecule has 4 rings (SSSR count). The molecule has 0 unspecified atom stereocenters. The van der Waals surface area contributed by atoms with E-state index in [4.69, 9.17) is 18.9 Å². The Bertz CT molecular complexity index is 1440. The van der Waals surface area contributed by atoms with E-state index in [0.717, 1.165) is 11.3 Å². The van der Waals surface area contributed by atoms with Crippen LogP contribution in [0, 0.1) is 0 Å². The average molecular weight is 495 g/mol. The summed E-state index contributed by atoms with van der Waals surface area (Å²) >= 11 is 1.26. The van der Waals surface area contributed by atoms with Gasteiger partial charge in [0.15, 0.2) is 16.3 Å². The Labute approximate surface area is 206 Å². The molecule has 3 aromatic rings. The lowest BCUT2D eigenvalue weighted by molar-refractivity contribution is -0.136. The monoisotopic (exact) mass is 494 g/mol. The molecule has 0 amide bonds. The Kier molecular flexibility index (Phi) is 7.36. The van der Waals surface area contributed by atoms with E-state index in [2.05, 4.69) is 4.99 Å². The maximum atomic E-state index is 13.6. The molecule has 1 aliphatic heterocycles. The van der Waals surface area contributed by atoms with Crippen LogP contribution in [-0.4, -0.2) is 38.0 Å². The Hall–Kier alpha value is -3.85. The summed E-state index contributed by atoms with van der Waals surface area (Å²) in [6.07, 6.45) is 3.27. The smallest absolute Gasteiger partial charge is 0.337 e. The van der Waals surface area contributed by atoms with E-state index in [-0.39, 0.29) is 11.1 Å². The zero-order valence-electron chi connectivity index (χ0n) is 19.9. The van der Waals surface area contributed by atoms with Crippen LogP contribution in [0.2, 0.25) is 0 Å². The SMILES string of the molecule is CCOc1ccc([C@@H]2C(C(=O)OC)=CN=c3s/c(=C\c4ccc(OC)cc4)c(=O)n32)cc1OCC. The number of carbonyl (C=O) groups excluding carboxylic acids is 1. The summed E-state index contributed by atoms with van der Waals surface area (Å²) in [5.41, 5.74) is 1.53. The maximum absolute atomic E-state index is 13.6. The van der Waals surface area contributed by atoms with Gasteiger partial charge in [-0.25, -0.2) is 9.79 Å². The highest BCUT2D eigenvalue weighted by Gasteiger charge is 2.31. The van der Waals surface area contributed by atoms with Crippen molar-refractivity contribution < 1.29 is 23.7 Å². The Morgan fingerprint density at radius 1 is 1.06 bits per heavy atom. The number of esters is 1. The van der Waals surface area contributed by atoms with Crippen LogP contribution in [0.4, 0.5) is 0 Å². The van der Waals surface area contributed by atoms with E-state index in [1.54, 1.807) is 25.3 Å². The first-order chi connectivity index (χ1) is 17.0. The summed E-state index contributed by atoms with van der Waals surface area (Å²) in [6.45, 7) is 4.69. The minimum atomic E-state index is -0.730. The largest absolute Gasteiger partial charge is 0.497 e. The van der Waals surface area contributed by atoms with Crippen molar-refractivity contribution in [2.45, 2.75) is 19.9 Å². The number of ether oxygens (including phenoxy) is 4. The number of fused-ring (bicyclic) bond motifs is 1. The zero-order chi connectivity index (χ0) is 24.9. The van der Waals surface area contributed by atoms with E-state index >= 15 is 0 Å². The summed E-state index contributed by atoms with van der Waals surface area (Å²) in [5, 5.41) is 0. The van der Waals surface area contributed by atoms with Gasteiger partial charge in [0.05, 0.1) is 43.6 Å². The molecule has 1 aliphatic rings. The van der Waals surface area contributed by atoms with Crippen molar-refractivity contribution in [2.75, 3.05) is 27.4 Å². The third kappa shape index (κ3) is 4.85. The van der Waals surface area contributed by atoms with Gasteiger partial charge in [0.2, 0.25) is 0 Å². The molecule has 2 heterocycles. The van der Waals surface area contributed by atoms with Gasteiger partial charge < -0.3 is 18.9 Å². The number of carbonyl (C=O) groups is 1. The van der Waals surface area contributed by atoms with Crippen molar-refractivity contribution in [3.63, 3.8) is 0 Å². The van der Waals surface area contributed by atoms with Gasteiger partial charge >= 0.3 is 5.97 Å². The lowest BCUT2D eigenvalue weighted by Gasteiger charge is -2.23. The van der Waals surface area contributed by atoms with E-state index in [1.807, 2.05) is 44.2 Å². The summed E-state index contributed by atoms with van der Waals surface area (Å²) < 4.78 is 23.7. The van der Waals surface area contributed by atoms with Gasteiger partial charge in [0.25, 0.3) is 5.56 Å². The summed E-state index contributed by atoms with van der Waals surface area (Å²) in [7, 11) is 2.91. The number of thiazole rings is 1. The third-order valence-electron chi connectivity index (χ3n) is 5.42. The van der Waals surface area contributed by atoms with E-state index in [0.29, 0.717) is 39.6 Å². The number of methoxy groups -OCH3 is 2. The Morgan fingerprint density at radius 3 is 2.43 bits per heavy atom. The average Bonchev–Trinajstić information content (AvgIpc) is 3.19. The first kappa shape index (κ1) is 24.3. The molecule has 0 fully saturated rings. The van der Waals surface area contributed by atoms with Crippen LogP contribution in [-0.2, 0) is 9.53 Å². The standard InChI is InChI=1S/C26H26N2O6S/c1-5-33-20-12-9-17(14-21(20)34-6-2)23-19(25(30)32-4)15-27-26-28(23)24(29)22(35-26)13-16-7-10-18(31-3)11-8-16/h7-15,23H,5-6H2,1-4H3/b22-13-/t23-/m1/s1. The molecule has 1 atom stereocenters. The molecule has 1 aromatic heterocycles. The number of hydrogen-bond acceptors (Lipinski definition) is 8. The van der Waals surface area contributed by atoms with Gasteiger partial charge in [0, 0.05) is 6.20 Å². The van der Waals surface area contributed by atoms with Crippen molar-refractivity contribution >= 4 is 23.4 Å². The van der Waals surface area contributed by atoms with E-state index in [1.165, 1.54) is 29.2 Å². The molecule has 2 aromatic carbocycles. The van der Waals surface area contributed by atoms with Gasteiger partial charge in [-0.3, -0.25) is 9.36 Å². The molecular formula is C26H26N2O6S. The molecule has 8 nitrogen and oxygen atoms in total. The second-order valence-corrected chi connectivity index (χ2v) is 8.53. The van der Waals surface area contributed by atoms with Crippen LogP contribution in [0.15, 0.2) is 64.0 Å². The fourth-order valence-electron chi connectivity index (χ4n) is 3.84. The topological polar surface area (TPSA) is 88.4 Å². The summed E-state index contributed by atoms with van der Waals surface area (Å²) in [5.74, 6) is 1.30. The van der Waals surface area contributed by atoms with Crippen LogP contribution in [0.1, 0.15) is 31.0 Å². The Morgan fingerprint density at radius 2 is 1.77 bits per heavy atom. The van der Waals surface area contributed by atoms with Gasteiger partial charge in [-0.2, -0.15) is 0 Å². The molecule has 0 aliphatic carbocycles. The highest BCUT2D eigenvalue weighted by molar-refractivity contribution is 7.07. The van der Waals surface area contributed by atoms with Gasteiger partial charge in [-0.05, 0) is 55.3 Å². The lowest BCUT2D eigenvalue weighted by Crippen LogP contribution is -2.39. The van der Waals surface area contributed by atoms with E-state index in [9.17, 15) is 9.59 Å². The second-order valence-electron chi connectivity index (χ2n) is 7.52. The van der Waals surface area contributed by atoms with Gasteiger partial charge in [0.1, 0.15) is 5.75 Å². The quantitative estimate of drug-likeness (QED) is 0.448. The molecule has 0 saturated heterocycles.